The monoisotopic (exact) mass is 158 g/mol. The molecule has 0 saturated heterocycles. The Kier molecular flexibility index (Phi) is 2.56. The lowest BCUT2D eigenvalue weighted by atomic mass is 10.3. The third-order valence-corrected chi connectivity index (χ3v) is 1.27. The molecule has 1 aromatic rings. The van der Waals surface area contributed by atoms with Crippen LogP contribution in [0, 0.1) is 0 Å². The van der Waals surface area contributed by atoms with Crippen molar-refractivity contribution in [1.82, 2.24) is 0 Å². The molecule has 0 aliphatic rings. The summed E-state index contributed by atoms with van der Waals surface area (Å²) in [5.74, 6) is 0.431. The van der Waals surface area contributed by atoms with Crippen LogP contribution in [0.4, 0.5) is 0 Å². The van der Waals surface area contributed by atoms with E-state index in [9.17, 15) is 0 Å². The summed E-state index contributed by atoms with van der Waals surface area (Å²) in [5, 5.41) is 11.3. The second-order valence-corrected chi connectivity index (χ2v) is 2.17. The summed E-state index contributed by atoms with van der Waals surface area (Å²) in [7, 11) is 0. The Balaban J connectivity index is 2.69. The van der Waals surface area contributed by atoms with Gasteiger partial charge in [0.25, 0.3) is 0 Å². The third kappa shape index (κ3) is 1.91. The fraction of sp³-hybridized carbons (Fsp3) is 0. The van der Waals surface area contributed by atoms with Crippen LogP contribution in [0.15, 0.2) is 29.2 Å². The number of hydrogen-bond acceptors (Lipinski definition) is 4. The summed E-state index contributed by atoms with van der Waals surface area (Å²) in [5.41, 5.74) is 0. The van der Waals surface area contributed by atoms with Crippen LogP contribution < -0.4 is 4.89 Å². The Labute approximate surface area is 63.5 Å². The predicted molar refractivity (Wildman–Crippen MR) is 38.0 cm³/mol. The minimum Gasteiger partial charge on any atom is -0.308 e. The highest BCUT2D eigenvalue weighted by Gasteiger charge is 1.91. The predicted octanol–water partition coefficient (Wildman–Crippen LogP) is 1.76. The number of thiol groups is 1. The second-order valence-electron chi connectivity index (χ2n) is 1.65. The lowest BCUT2D eigenvalue weighted by molar-refractivity contribution is -0.438. The van der Waals surface area contributed by atoms with Crippen LogP contribution in [-0.4, -0.2) is 5.26 Å². The van der Waals surface area contributed by atoms with Crippen molar-refractivity contribution in [3.05, 3.63) is 24.3 Å². The molecule has 1 rings (SSSR count). The van der Waals surface area contributed by atoms with E-state index in [2.05, 4.69) is 22.6 Å². The van der Waals surface area contributed by atoms with E-state index in [-0.39, 0.29) is 0 Å². The van der Waals surface area contributed by atoms with E-state index in [4.69, 9.17) is 5.26 Å². The van der Waals surface area contributed by atoms with Gasteiger partial charge in [-0.05, 0) is 29.3 Å². The van der Waals surface area contributed by atoms with Crippen LogP contribution >= 0.6 is 12.6 Å². The second kappa shape index (κ2) is 3.46. The van der Waals surface area contributed by atoms with Crippen molar-refractivity contribution in [2.45, 2.75) is 4.90 Å². The van der Waals surface area contributed by atoms with E-state index in [0.29, 0.717) is 5.75 Å². The molecule has 4 heteroatoms. The summed E-state index contributed by atoms with van der Waals surface area (Å²) >= 11 is 4.04. The highest BCUT2D eigenvalue weighted by Crippen LogP contribution is 2.13. The maximum absolute atomic E-state index is 7.85. The molecule has 0 aromatic heterocycles. The Morgan fingerprint density at radius 2 is 1.80 bits per heavy atom. The number of hydrogen-bond donors (Lipinski definition) is 2. The van der Waals surface area contributed by atoms with Crippen molar-refractivity contribution < 1.29 is 15.2 Å². The van der Waals surface area contributed by atoms with Crippen LogP contribution in [0.3, 0.4) is 0 Å². The molecule has 0 atom stereocenters. The molecule has 0 fully saturated rings. The summed E-state index contributed by atoms with van der Waals surface area (Å²) in [6, 6.07) is 6.69. The summed E-state index contributed by atoms with van der Waals surface area (Å²) in [4.78, 5) is 5.11. The standard InChI is InChI=1S/C6H6O3S/c7-9-8-5-1-3-6(10)4-2-5/h1-4,7,10H. The first-order valence-corrected chi connectivity index (χ1v) is 3.05. The maximum atomic E-state index is 7.85. The van der Waals surface area contributed by atoms with E-state index in [1.807, 2.05) is 0 Å². The van der Waals surface area contributed by atoms with Gasteiger partial charge in [-0.15, -0.1) is 12.6 Å². The first kappa shape index (κ1) is 7.40. The number of benzene rings is 1. The van der Waals surface area contributed by atoms with Crippen molar-refractivity contribution in [2.75, 3.05) is 0 Å². The smallest absolute Gasteiger partial charge is 0.168 e. The van der Waals surface area contributed by atoms with Gasteiger partial charge in [-0.2, -0.15) is 0 Å². The maximum Gasteiger partial charge on any atom is 0.168 e. The fourth-order valence-corrected chi connectivity index (χ4v) is 0.694. The average Bonchev–Trinajstić information content (AvgIpc) is 1.95. The Morgan fingerprint density at radius 1 is 1.20 bits per heavy atom. The lowest BCUT2D eigenvalue weighted by Gasteiger charge is -1.96. The molecular formula is C6H6O3S. The van der Waals surface area contributed by atoms with E-state index < -0.39 is 0 Å². The number of rotatable bonds is 2. The van der Waals surface area contributed by atoms with Gasteiger partial charge >= 0.3 is 0 Å². The van der Waals surface area contributed by atoms with E-state index in [0.717, 1.165) is 4.90 Å². The van der Waals surface area contributed by atoms with Crippen LogP contribution in [0.2, 0.25) is 0 Å². The van der Waals surface area contributed by atoms with Gasteiger partial charge in [-0.1, -0.05) is 0 Å². The minimum absolute atomic E-state index is 0.431. The van der Waals surface area contributed by atoms with Gasteiger partial charge in [0.2, 0.25) is 0 Å². The molecule has 54 valence electrons. The van der Waals surface area contributed by atoms with Gasteiger partial charge < -0.3 is 4.89 Å². The van der Waals surface area contributed by atoms with E-state index >= 15 is 0 Å². The van der Waals surface area contributed by atoms with Gasteiger partial charge in [0, 0.05) is 4.90 Å². The molecule has 0 amide bonds. The zero-order valence-electron chi connectivity index (χ0n) is 5.02. The van der Waals surface area contributed by atoms with Crippen molar-refractivity contribution >= 4 is 12.6 Å². The molecule has 0 spiro atoms. The van der Waals surface area contributed by atoms with Crippen LogP contribution in [0.5, 0.6) is 5.75 Å². The van der Waals surface area contributed by atoms with Crippen molar-refractivity contribution in [3.63, 3.8) is 0 Å². The lowest BCUT2D eigenvalue weighted by Crippen LogP contribution is -1.89. The fourth-order valence-electron chi connectivity index (χ4n) is 0.545. The third-order valence-electron chi connectivity index (χ3n) is 0.970. The van der Waals surface area contributed by atoms with Gasteiger partial charge in [-0.25, -0.2) is 5.26 Å². The average molecular weight is 158 g/mol. The SMILES string of the molecule is OOOc1ccc(S)cc1. The molecule has 0 saturated carbocycles. The summed E-state index contributed by atoms with van der Waals surface area (Å²) in [6.07, 6.45) is 0. The zero-order valence-corrected chi connectivity index (χ0v) is 5.91. The summed E-state index contributed by atoms with van der Waals surface area (Å²) in [6.45, 7) is 0. The Bertz CT molecular complexity index is 197. The van der Waals surface area contributed by atoms with E-state index in [1.165, 1.54) is 0 Å². The topological polar surface area (TPSA) is 38.7 Å². The highest BCUT2D eigenvalue weighted by molar-refractivity contribution is 7.80. The molecule has 1 aromatic carbocycles. The first-order chi connectivity index (χ1) is 4.83. The Hall–Kier alpha value is -0.710. The molecule has 0 heterocycles. The minimum atomic E-state index is 0.431. The van der Waals surface area contributed by atoms with Crippen LogP contribution in [0.1, 0.15) is 0 Å². The van der Waals surface area contributed by atoms with Crippen molar-refractivity contribution in [2.24, 2.45) is 0 Å². The quantitative estimate of drug-likeness (QED) is 0.391. The molecule has 0 radical (unpaired) electrons. The molecule has 0 aliphatic heterocycles. The summed E-state index contributed by atoms with van der Waals surface area (Å²) < 4.78 is 0. The van der Waals surface area contributed by atoms with Crippen molar-refractivity contribution in [1.29, 1.82) is 0 Å². The van der Waals surface area contributed by atoms with Gasteiger partial charge in [0.1, 0.15) is 0 Å². The highest BCUT2D eigenvalue weighted by atomic mass is 32.1. The normalized spacial score (nSPS) is 9.40. The molecular weight excluding hydrogens is 152 g/mol. The molecule has 3 nitrogen and oxygen atoms in total. The largest absolute Gasteiger partial charge is 0.308 e. The van der Waals surface area contributed by atoms with Gasteiger partial charge in [0.05, 0.1) is 0 Å². The molecule has 1 N–H and O–H groups in total. The van der Waals surface area contributed by atoms with Gasteiger partial charge in [-0.3, -0.25) is 0 Å². The van der Waals surface area contributed by atoms with Crippen LogP contribution in [0.25, 0.3) is 0 Å². The van der Waals surface area contributed by atoms with E-state index in [1.54, 1.807) is 24.3 Å². The molecule has 10 heavy (non-hydrogen) atoms. The zero-order chi connectivity index (χ0) is 7.40. The first-order valence-electron chi connectivity index (χ1n) is 2.60. The van der Waals surface area contributed by atoms with Gasteiger partial charge in [0.15, 0.2) is 5.75 Å². The van der Waals surface area contributed by atoms with Crippen molar-refractivity contribution in [3.8, 4) is 5.75 Å². The molecule has 0 unspecified atom stereocenters. The molecule has 0 aliphatic carbocycles. The molecule has 0 bridgehead atoms. The van der Waals surface area contributed by atoms with Crippen LogP contribution in [-0.2, 0) is 5.04 Å². The Morgan fingerprint density at radius 3 is 2.30 bits per heavy atom.